The van der Waals surface area contributed by atoms with Gasteiger partial charge in [0.1, 0.15) is 0 Å². The molecule has 0 fully saturated rings. The summed E-state index contributed by atoms with van der Waals surface area (Å²) in [5.74, 6) is 3.84. The molecule has 0 aliphatic heterocycles. The van der Waals surface area contributed by atoms with Crippen molar-refractivity contribution < 1.29 is 9.90 Å². The quantitative estimate of drug-likeness (QED) is 0.697. The number of rotatable bonds is 1. The Morgan fingerprint density at radius 2 is 1.73 bits per heavy atom. The number of aryl methyl sites for hydroxylation is 1. The predicted molar refractivity (Wildman–Crippen MR) is 106 cm³/mol. The van der Waals surface area contributed by atoms with Crippen molar-refractivity contribution in [3.8, 4) is 23.0 Å². The summed E-state index contributed by atoms with van der Waals surface area (Å²) in [7, 11) is 0. The number of carboxylic acid groups (broad SMARTS) is 1. The van der Waals surface area contributed by atoms with Crippen molar-refractivity contribution >= 4 is 5.97 Å². The molecule has 0 atom stereocenters. The molecule has 0 aromatic heterocycles. The molecule has 2 aromatic carbocycles. The largest absolute Gasteiger partial charge is 0.472 e. The van der Waals surface area contributed by atoms with Gasteiger partial charge in [0, 0.05) is 11.5 Å². The molecule has 1 aliphatic carbocycles. The van der Waals surface area contributed by atoms with Crippen molar-refractivity contribution in [3.05, 3.63) is 58.7 Å². The van der Waals surface area contributed by atoms with Crippen LogP contribution in [0.3, 0.4) is 0 Å². The predicted octanol–water partition coefficient (Wildman–Crippen LogP) is 5.45. The molecule has 0 unspecified atom stereocenters. The Bertz CT molecular complexity index is 936. The summed E-state index contributed by atoms with van der Waals surface area (Å²) >= 11 is 0. The second-order valence-electron chi connectivity index (χ2n) is 8.64. The molecule has 2 aromatic rings. The van der Waals surface area contributed by atoms with Gasteiger partial charge in [0.25, 0.3) is 0 Å². The van der Waals surface area contributed by atoms with Crippen LogP contribution in [-0.4, -0.2) is 11.1 Å². The molecule has 0 heterocycles. The number of benzene rings is 2. The average molecular weight is 346 g/mol. The highest BCUT2D eigenvalue weighted by molar-refractivity contribution is 5.87. The molecule has 2 nitrogen and oxygen atoms in total. The third kappa shape index (κ3) is 3.40. The molecule has 1 aliphatic rings. The normalized spacial score (nSPS) is 17.0. The van der Waals surface area contributed by atoms with Crippen molar-refractivity contribution in [3.63, 3.8) is 0 Å². The van der Waals surface area contributed by atoms with Gasteiger partial charge in [-0.1, -0.05) is 63.4 Å². The average Bonchev–Trinajstić information content (AvgIpc) is 2.57. The number of aliphatic carboxylic acids is 1. The molecular formula is C24H26O2. The Labute approximate surface area is 156 Å². The van der Waals surface area contributed by atoms with E-state index in [0.29, 0.717) is 0 Å². The lowest BCUT2D eigenvalue weighted by Crippen LogP contribution is -2.34. The highest BCUT2D eigenvalue weighted by Crippen LogP contribution is 2.49. The Balaban J connectivity index is 2.25. The Hall–Kier alpha value is -2.53. The lowest BCUT2D eigenvalue weighted by molar-refractivity contribution is -0.130. The zero-order valence-corrected chi connectivity index (χ0v) is 16.2. The van der Waals surface area contributed by atoms with Crippen molar-refractivity contribution in [1.82, 2.24) is 0 Å². The molecule has 2 heteroatoms. The van der Waals surface area contributed by atoms with E-state index in [0.717, 1.165) is 17.5 Å². The van der Waals surface area contributed by atoms with E-state index in [1.165, 1.54) is 28.7 Å². The van der Waals surface area contributed by atoms with Crippen LogP contribution in [0.15, 0.2) is 36.4 Å². The van der Waals surface area contributed by atoms with Gasteiger partial charge in [0.2, 0.25) is 0 Å². The fourth-order valence-corrected chi connectivity index (χ4v) is 4.05. The fourth-order valence-electron chi connectivity index (χ4n) is 4.05. The summed E-state index contributed by atoms with van der Waals surface area (Å²) in [6.07, 6.45) is 2.33. The van der Waals surface area contributed by atoms with E-state index < -0.39 is 5.97 Å². The van der Waals surface area contributed by atoms with E-state index in [2.05, 4.69) is 64.7 Å². The summed E-state index contributed by atoms with van der Waals surface area (Å²) in [6, 6.07) is 12.5. The number of hydrogen-bond acceptors (Lipinski definition) is 1. The first-order valence-corrected chi connectivity index (χ1v) is 9.11. The van der Waals surface area contributed by atoms with Gasteiger partial charge in [-0.2, -0.15) is 0 Å². The second-order valence-corrected chi connectivity index (χ2v) is 8.64. The maximum Gasteiger partial charge on any atom is 0.382 e. The first kappa shape index (κ1) is 18.3. The zero-order chi connectivity index (χ0) is 19.1. The van der Waals surface area contributed by atoms with Gasteiger partial charge >= 0.3 is 5.97 Å². The van der Waals surface area contributed by atoms with Gasteiger partial charge in [-0.05, 0) is 65.0 Å². The zero-order valence-electron chi connectivity index (χ0n) is 16.2. The van der Waals surface area contributed by atoms with E-state index in [1.807, 2.05) is 18.2 Å². The Morgan fingerprint density at radius 1 is 1.04 bits per heavy atom. The van der Waals surface area contributed by atoms with Gasteiger partial charge < -0.3 is 5.11 Å². The monoisotopic (exact) mass is 346 g/mol. The Kier molecular flexibility index (Phi) is 4.44. The van der Waals surface area contributed by atoms with Gasteiger partial charge in [-0.25, -0.2) is 4.79 Å². The summed E-state index contributed by atoms with van der Waals surface area (Å²) < 4.78 is 0. The highest BCUT2D eigenvalue weighted by Gasteiger charge is 2.38. The summed E-state index contributed by atoms with van der Waals surface area (Å²) in [5.41, 5.74) is 7.46. The van der Waals surface area contributed by atoms with Crippen molar-refractivity contribution in [2.24, 2.45) is 0 Å². The van der Waals surface area contributed by atoms with Crippen LogP contribution >= 0.6 is 0 Å². The van der Waals surface area contributed by atoms with E-state index in [9.17, 15) is 4.79 Å². The molecule has 0 saturated carbocycles. The van der Waals surface area contributed by atoms with Crippen LogP contribution in [0.4, 0.5) is 0 Å². The molecule has 134 valence electrons. The van der Waals surface area contributed by atoms with Crippen LogP contribution in [0.2, 0.25) is 0 Å². The molecule has 0 bridgehead atoms. The smallest absolute Gasteiger partial charge is 0.382 e. The van der Waals surface area contributed by atoms with Crippen LogP contribution in [0.1, 0.15) is 62.8 Å². The number of fused-ring (bicyclic) bond motifs is 1. The lowest BCUT2D eigenvalue weighted by Gasteiger charge is -2.43. The maximum absolute atomic E-state index is 10.7. The van der Waals surface area contributed by atoms with Gasteiger partial charge in [0.15, 0.2) is 0 Å². The van der Waals surface area contributed by atoms with E-state index in [-0.39, 0.29) is 10.8 Å². The molecule has 1 N–H and O–H groups in total. The molecule has 3 rings (SSSR count). The molecule has 0 spiro atoms. The first-order valence-electron chi connectivity index (χ1n) is 9.11. The third-order valence-corrected chi connectivity index (χ3v) is 5.55. The minimum atomic E-state index is -1.11. The van der Waals surface area contributed by atoms with Gasteiger partial charge in [0.05, 0.1) is 0 Å². The van der Waals surface area contributed by atoms with Crippen LogP contribution in [0.5, 0.6) is 0 Å². The number of carboxylic acids is 1. The van der Waals surface area contributed by atoms with Crippen LogP contribution in [0.25, 0.3) is 11.1 Å². The third-order valence-electron chi connectivity index (χ3n) is 5.55. The fraction of sp³-hybridized carbons (Fsp3) is 0.375. The molecule has 26 heavy (non-hydrogen) atoms. The maximum atomic E-state index is 10.7. The summed E-state index contributed by atoms with van der Waals surface area (Å²) in [6.45, 7) is 11.5. The van der Waals surface area contributed by atoms with E-state index >= 15 is 0 Å². The lowest BCUT2D eigenvalue weighted by atomic mass is 9.61. The number of carbonyl (C=O) groups is 1. The SMILES string of the molecule is Cc1cc(-c2cccc(C#CC(=O)O)c2)c2c(c1)C(C)(C)CCC2(C)C. The van der Waals surface area contributed by atoms with E-state index in [4.69, 9.17) is 5.11 Å². The number of hydrogen-bond donors (Lipinski definition) is 1. The van der Waals surface area contributed by atoms with Crippen molar-refractivity contribution in [2.75, 3.05) is 0 Å². The minimum absolute atomic E-state index is 0.108. The molecule has 0 radical (unpaired) electrons. The van der Waals surface area contributed by atoms with Gasteiger partial charge in [-0.15, -0.1) is 0 Å². The highest BCUT2D eigenvalue weighted by atomic mass is 16.4. The molecular weight excluding hydrogens is 320 g/mol. The first-order chi connectivity index (χ1) is 12.1. The van der Waals surface area contributed by atoms with Crippen LogP contribution < -0.4 is 0 Å². The van der Waals surface area contributed by atoms with Crippen LogP contribution in [0, 0.1) is 18.8 Å². The standard InChI is InChI=1S/C24H26O2/c1-16-13-19(18-8-6-7-17(15-18)9-10-21(25)26)22-20(14-16)23(2,3)11-12-24(22,4)5/h6-8,13-15H,11-12H2,1-5H3,(H,25,26). The van der Waals surface area contributed by atoms with Crippen molar-refractivity contribution in [1.29, 1.82) is 0 Å². The van der Waals surface area contributed by atoms with E-state index in [1.54, 1.807) is 0 Å². The van der Waals surface area contributed by atoms with Gasteiger partial charge in [-0.3, -0.25) is 0 Å². The van der Waals surface area contributed by atoms with Crippen molar-refractivity contribution in [2.45, 2.75) is 58.3 Å². The summed E-state index contributed by atoms with van der Waals surface area (Å²) in [5, 5.41) is 8.81. The van der Waals surface area contributed by atoms with Crippen LogP contribution in [-0.2, 0) is 15.6 Å². The summed E-state index contributed by atoms with van der Waals surface area (Å²) in [4.78, 5) is 10.7. The molecule has 0 amide bonds. The molecule has 0 saturated heterocycles. The minimum Gasteiger partial charge on any atom is -0.472 e. The second kappa shape index (κ2) is 6.32. The topological polar surface area (TPSA) is 37.3 Å². The Morgan fingerprint density at radius 3 is 2.42 bits per heavy atom.